The Hall–Kier alpha value is -1.16. The molecule has 0 bridgehead atoms. The van der Waals surface area contributed by atoms with Crippen molar-refractivity contribution < 1.29 is 13.2 Å². The highest BCUT2D eigenvalue weighted by Gasteiger charge is 2.48. The van der Waals surface area contributed by atoms with Crippen LogP contribution in [0.15, 0.2) is 29.2 Å². The van der Waals surface area contributed by atoms with E-state index in [1.54, 1.807) is 12.1 Å². The molecule has 1 aliphatic rings. The number of thiocarbonyl (C=S) groups is 1. The van der Waals surface area contributed by atoms with Crippen LogP contribution in [0.5, 0.6) is 0 Å². The number of hydrogen-bond donors (Lipinski definition) is 1. The van der Waals surface area contributed by atoms with E-state index < -0.39 is 15.6 Å². The fourth-order valence-electron chi connectivity index (χ4n) is 2.15. The minimum atomic E-state index is -3.48. The van der Waals surface area contributed by atoms with Gasteiger partial charge < -0.3 is 10.1 Å². The van der Waals surface area contributed by atoms with Crippen molar-refractivity contribution >= 4 is 44.5 Å². The fraction of sp³-hybridized carbons (Fsp3) is 0.429. The summed E-state index contributed by atoms with van der Waals surface area (Å²) in [6.45, 7) is 3.93. The molecule has 0 radical (unpaired) electrons. The quantitative estimate of drug-likeness (QED) is 0.284. The van der Waals surface area contributed by atoms with E-state index in [1.807, 2.05) is 25.8 Å². The summed E-state index contributed by atoms with van der Waals surface area (Å²) < 4.78 is 27.2. The average molecular weight is 374 g/mol. The average Bonchev–Trinajstić information content (AvgIpc) is 2.71. The van der Waals surface area contributed by atoms with Crippen LogP contribution < -0.4 is 4.72 Å². The van der Waals surface area contributed by atoms with E-state index in [4.69, 9.17) is 12.2 Å². The van der Waals surface area contributed by atoms with Crippen LogP contribution in [0, 0.1) is 5.21 Å². The predicted molar refractivity (Wildman–Crippen MR) is 97.3 cm³/mol. The van der Waals surface area contributed by atoms with Crippen molar-refractivity contribution in [3.05, 3.63) is 35.0 Å². The first-order valence-corrected chi connectivity index (χ1v) is 9.65. The van der Waals surface area contributed by atoms with Crippen LogP contribution in [0.25, 0.3) is 0 Å². The molecule has 1 aromatic rings. The van der Waals surface area contributed by atoms with Crippen molar-refractivity contribution in [1.82, 2.24) is 9.62 Å². The topological polar surface area (TPSA) is 75.5 Å². The van der Waals surface area contributed by atoms with Crippen LogP contribution >= 0.6 is 24.0 Å². The van der Waals surface area contributed by atoms with Gasteiger partial charge in [-0.2, -0.15) is 4.74 Å². The van der Waals surface area contributed by atoms with Crippen molar-refractivity contribution in [3.8, 4) is 0 Å². The Bertz CT molecular complexity index is 742. The summed E-state index contributed by atoms with van der Waals surface area (Å²) in [5, 5.41) is 12.1. The second-order valence-electron chi connectivity index (χ2n) is 5.71. The molecule has 1 aliphatic heterocycles. The molecule has 0 amide bonds. The Kier molecular flexibility index (Phi) is 5.05. The van der Waals surface area contributed by atoms with Crippen molar-refractivity contribution in [2.45, 2.75) is 29.7 Å². The monoisotopic (exact) mass is 373 g/mol. The van der Waals surface area contributed by atoms with Gasteiger partial charge in [0.05, 0.1) is 4.90 Å². The molecule has 6 nitrogen and oxygen atoms in total. The summed E-state index contributed by atoms with van der Waals surface area (Å²) in [5.41, 5.74) is 0.238. The number of nitrogens with one attached hydrogen (secondary N) is 1. The lowest BCUT2D eigenvalue weighted by atomic mass is 10.0. The van der Waals surface area contributed by atoms with Gasteiger partial charge in [0.1, 0.15) is 9.86 Å². The Morgan fingerprint density at radius 1 is 1.39 bits per heavy atom. The van der Waals surface area contributed by atoms with Crippen molar-refractivity contribution in [3.63, 3.8) is 0 Å². The molecule has 2 rings (SSSR count). The minimum Gasteiger partial charge on any atom is -0.623 e. The van der Waals surface area contributed by atoms with Gasteiger partial charge in [0.2, 0.25) is 15.4 Å². The van der Waals surface area contributed by atoms with E-state index in [0.717, 1.165) is 4.74 Å². The molecule has 1 heterocycles. The molecule has 1 fully saturated rings. The molecule has 1 N–H and O–H groups in total. The maximum Gasteiger partial charge on any atom is 0.240 e. The molecule has 0 aliphatic carbocycles. The van der Waals surface area contributed by atoms with E-state index in [9.17, 15) is 13.6 Å². The molecular formula is C14H19N3O3S3. The van der Waals surface area contributed by atoms with Crippen LogP contribution in [0.4, 0.5) is 0 Å². The van der Waals surface area contributed by atoms with Crippen LogP contribution in [-0.4, -0.2) is 53.6 Å². The molecule has 0 saturated carbocycles. The Morgan fingerprint density at radius 3 is 2.39 bits per heavy atom. The number of sulfonamides is 1. The third-order valence-electron chi connectivity index (χ3n) is 3.92. The first-order valence-electron chi connectivity index (χ1n) is 6.88. The standard InChI is InChI=1S/C14H19N3O3S3/c1-14(2)12(22-13(21)16(14)4)17(18)9-10-5-7-11(8-6-10)23(19,20)15-3/h5-9,12,15H,1-4H3. The van der Waals surface area contributed by atoms with Gasteiger partial charge in [-0.3, -0.25) is 0 Å². The molecular weight excluding hydrogens is 354 g/mol. The number of hydroxylamine groups is 1. The van der Waals surface area contributed by atoms with Gasteiger partial charge >= 0.3 is 0 Å². The third kappa shape index (κ3) is 3.52. The Balaban J connectivity index is 2.27. The zero-order chi connectivity index (χ0) is 17.4. The van der Waals surface area contributed by atoms with E-state index in [1.165, 1.54) is 37.2 Å². The van der Waals surface area contributed by atoms with E-state index in [-0.39, 0.29) is 10.3 Å². The molecule has 126 valence electrons. The van der Waals surface area contributed by atoms with Gasteiger partial charge in [0.25, 0.3) is 0 Å². The maximum absolute atomic E-state index is 12.5. The van der Waals surface area contributed by atoms with Gasteiger partial charge in [-0.05, 0) is 56.9 Å². The number of thioether (sulfide) groups is 1. The number of likely N-dealkylation sites (N-methyl/N-ethyl adjacent to an activating group) is 1. The van der Waals surface area contributed by atoms with E-state index in [2.05, 4.69) is 4.72 Å². The molecule has 1 saturated heterocycles. The summed E-state index contributed by atoms with van der Waals surface area (Å²) in [5.74, 6) is 0. The molecule has 9 heteroatoms. The van der Waals surface area contributed by atoms with E-state index in [0.29, 0.717) is 9.88 Å². The number of rotatable bonds is 4. The zero-order valence-electron chi connectivity index (χ0n) is 13.3. The van der Waals surface area contributed by atoms with Gasteiger partial charge in [-0.25, -0.2) is 13.1 Å². The Morgan fingerprint density at radius 2 is 1.96 bits per heavy atom. The summed E-state index contributed by atoms with van der Waals surface area (Å²) in [4.78, 5) is 2.07. The lowest BCUT2D eigenvalue weighted by molar-refractivity contribution is -0.480. The van der Waals surface area contributed by atoms with Gasteiger partial charge in [0.15, 0.2) is 6.21 Å². The number of hydrogen-bond acceptors (Lipinski definition) is 5. The second-order valence-corrected chi connectivity index (χ2v) is 9.31. The largest absolute Gasteiger partial charge is 0.623 e. The van der Waals surface area contributed by atoms with Crippen LogP contribution in [-0.2, 0) is 10.0 Å². The maximum atomic E-state index is 12.5. The predicted octanol–water partition coefficient (Wildman–Crippen LogP) is 1.59. The molecule has 23 heavy (non-hydrogen) atoms. The smallest absolute Gasteiger partial charge is 0.240 e. The highest BCUT2D eigenvalue weighted by molar-refractivity contribution is 8.23. The molecule has 0 spiro atoms. The van der Waals surface area contributed by atoms with Gasteiger partial charge in [-0.1, -0.05) is 12.2 Å². The lowest BCUT2D eigenvalue weighted by Gasteiger charge is -2.30. The molecule has 1 aromatic carbocycles. The summed E-state index contributed by atoms with van der Waals surface area (Å²) in [6.07, 6.45) is 1.46. The van der Waals surface area contributed by atoms with Gasteiger partial charge in [0, 0.05) is 12.6 Å². The van der Waals surface area contributed by atoms with Crippen LogP contribution in [0.1, 0.15) is 19.4 Å². The normalized spacial score (nSPS) is 21.7. The van der Waals surface area contributed by atoms with Crippen LogP contribution in [0.2, 0.25) is 0 Å². The van der Waals surface area contributed by atoms with Crippen LogP contribution in [0.3, 0.4) is 0 Å². The minimum absolute atomic E-state index is 0.158. The van der Waals surface area contributed by atoms with E-state index >= 15 is 0 Å². The highest BCUT2D eigenvalue weighted by Crippen LogP contribution is 2.38. The first kappa shape index (κ1) is 18.2. The van der Waals surface area contributed by atoms with Gasteiger partial charge in [-0.15, -0.1) is 0 Å². The third-order valence-corrected chi connectivity index (χ3v) is 7.40. The molecule has 1 unspecified atom stereocenters. The SMILES string of the molecule is CNS(=O)(=O)c1ccc(C=[N+]([O-])C2SC(=S)N(C)C2(C)C)cc1. The molecule has 1 atom stereocenters. The summed E-state index contributed by atoms with van der Waals surface area (Å²) in [7, 11) is -0.245. The molecule has 0 aromatic heterocycles. The summed E-state index contributed by atoms with van der Waals surface area (Å²) in [6, 6.07) is 6.14. The Labute approximate surface area is 146 Å². The van der Waals surface area contributed by atoms with Crippen molar-refractivity contribution in [1.29, 1.82) is 0 Å². The first-order chi connectivity index (χ1) is 10.6. The number of benzene rings is 1. The fourth-order valence-corrected chi connectivity index (χ4v) is 4.58. The van der Waals surface area contributed by atoms with Crippen molar-refractivity contribution in [2.24, 2.45) is 0 Å². The lowest BCUT2D eigenvalue weighted by Crippen LogP contribution is -2.47. The highest BCUT2D eigenvalue weighted by atomic mass is 32.2. The zero-order valence-corrected chi connectivity index (χ0v) is 15.8. The number of nitrogens with zero attached hydrogens (tertiary/aromatic N) is 2. The van der Waals surface area contributed by atoms with Crippen molar-refractivity contribution in [2.75, 3.05) is 14.1 Å². The second kappa shape index (κ2) is 6.39. The summed E-state index contributed by atoms with van der Waals surface area (Å²) >= 11 is 6.61.